The average Bonchev–Trinajstić information content (AvgIpc) is 2.30. The van der Waals surface area contributed by atoms with Crippen LogP contribution in [-0.4, -0.2) is 48.2 Å². The van der Waals surface area contributed by atoms with E-state index in [1.165, 1.54) is 0 Å². The Morgan fingerprint density at radius 1 is 1.20 bits per heavy atom. The predicted octanol–water partition coefficient (Wildman–Crippen LogP) is 2.02. The Morgan fingerprint density at radius 2 is 1.80 bits per heavy atom. The number of esters is 1. The van der Waals surface area contributed by atoms with Gasteiger partial charge in [0, 0.05) is 17.8 Å². The molecule has 20 heavy (non-hydrogen) atoms. The molecule has 0 bridgehead atoms. The third-order valence-corrected chi connectivity index (χ3v) is 3.61. The van der Waals surface area contributed by atoms with Crippen molar-refractivity contribution >= 4 is 23.7 Å². The van der Waals surface area contributed by atoms with Crippen molar-refractivity contribution in [1.82, 2.24) is 10.6 Å². The minimum absolute atomic E-state index is 0.0201. The molecule has 5 nitrogen and oxygen atoms in total. The van der Waals surface area contributed by atoms with Gasteiger partial charge in [-0.15, -0.1) is 0 Å². The van der Waals surface area contributed by atoms with Gasteiger partial charge in [0.1, 0.15) is 12.1 Å². The number of rotatable bonds is 6. The molecule has 0 rings (SSSR count). The lowest BCUT2D eigenvalue weighted by Gasteiger charge is -2.24. The van der Waals surface area contributed by atoms with Gasteiger partial charge in [-0.1, -0.05) is 0 Å². The molecule has 0 amide bonds. The van der Waals surface area contributed by atoms with Crippen molar-refractivity contribution in [1.29, 1.82) is 0 Å². The molecular weight excluding hydrogens is 274 g/mol. The van der Waals surface area contributed by atoms with Crippen molar-refractivity contribution in [3.05, 3.63) is 0 Å². The van der Waals surface area contributed by atoms with Gasteiger partial charge in [0.2, 0.25) is 0 Å². The fourth-order valence-corrected chi connectivity index (χ4v) is 1.44. The van der Waals surface area contributed by atoms with E-state index >= 15 is 0 Å². The SMILES string of the molecule is CCNC(=NCC(=O)OC(C)(C)C)NCC(C)(C)SC. The first-order valence-electron chi connectivity index (χ1n) is 6.89. The van der Waals surface area contributed by atoms with Gasteiger partial charge in [0.25, 0.3) is 0 Å². The second kappa shape index (κ2) is 8.39. The molecule has 0 aliphatic heterocycles. The van der Waals surface area contributed by atoms with E-state index in [2.05, 4.69) is 35.7 Å². The van der Waals surface area contributed by atoms with Crippen LogP contribution >= 0.6 is 11.8 Å². The van der Waals surface area contributed by atoms with Crippen molar-refractivity contribution in [3.63, 3.8) is 0 Å². The van der Waals surface area contributed by atoms with Gasteiger partial charge in [0.15, 0.2) is 5.96 Å². The number of guanidine groups is 1. The van der Waals surface area contributed by atoms with Crippen molar-refractivity contribution in [2.75, 3.05) is 25.9 Å². The first-order chi connectivity index (χ1) is 9.09. The van der Waals surface area contributed by atoms with Crippen LogP contribution in [-0.2, 0) is 9.53 Å². The molecule has 0 aromatic heterocycles. The first kappa shape index (κ1) is 19.1. The summed E-state index contributed by atoms with van der Waals surface area (Å²) in [4.78, 5) is 15.9. The van der Waals surface area contributed by atoms with Gasteiger partial charge in [-0.05, 0) is 47.8 Å². The van der Waals surface area contributed by atoms with Crippen LogP contribution in [0, 0.1) is 0 Å². The van der Waals surface area contributed by atoms with E-state index in [9.17, 15) is 4.79 Å². The number of thioether (sulfide) groups is 1. The number of nitrogens with zero attached hydrogens (tertiary/aromatic N) is 1. The van der Waals surface area contributed by atoms with E-state index in [0.29, 0.717) is 5.96 Å². The number of carbonyl (C=O) groups is 1. The summed E-state index contributed by atoms with van der Waals surface area (Å²) in [7, 11) is 0. The van der Waals surface area contributed by atoms with Crippen molar-refractivity contribution in [2.45, 2.75) is 51.9 Å². The average molecular weight is 303 g/mol. The van der Waals surface area contributed by atoms with Crippen molar-refractivity contribution < 1.29 is 9.53 Å². The fourth-order valence-electron chi connectivity index (χ4n) is 1.23. The van der Waals surface area contributed by atoms with E-state index in [4.69, 9.17) is 4.74 Å². The van der Waals surface area contributed by atoms with Gasteiger partial charge < -0.3 is 15.4 Å². The van der Waals surface area contributed by atoms with Crippen LogP contribution in [0.4, 0.5) is 0 Å². The molecule has 6 heteroatoms. The first-order valence-corrected chi connectivity index (χ1v) is 8.11. The molecule has 0 radical (unpaired) electrons. The lowest BCUT2D eigenvalue weighted by atomic mass is 10.2. The third kappa shape index (κ3) is 9.95. The highest BCUT2D eigenvalue weighted by molar-refractivity contribution is 7.99. The van der Waals surface area contributed by atoms with Crippen LogP contribution in [0.25, 0.3) is 0 Å². The van der Waals surface area contributed by atoms with Crippen LogP contribution < -0.4 is 10.6 Å². The Morgan fingerprint density at radius 3 is 2.25 bits per heavy atom. The molecule has 0 unspecified atom stereocenters. The number of nitrogens with one attached hydrogen (secondary N) is 2. The monoisotopic (exact) mass is 303 g/mol. The number of aliphatic imine (C=N–C) groups is 1. The molecule has 0 saturated heterocycles. The van der Waals surface area contributed by atoms with E-state index in [1.807, 2.05) is 27.7 Å². The van der Waals surface area contributed by atoms with Crippen molar-refractivity contribution in [2.24, 2.45) is 4.99 Å². The van der Waals surface area contributed by atoms with E-state index < -0.39 is 5.60 Å². The summed E-state index contributed by atoms with van der Waals surface area (Å²) in [6.07, 6.45) is 2.08. The smallest absolute Gasteiger partial charge is 0.328 e. The molecule has 0 fully saturated rings. The maximum absolute atomic E-state index is 11.6. The normalized spacial score (nSPS) is 13.1. The molecule has 0 aliphatic rings. The molecular formula is C14H29N3O2S. The summed E-state index contributed by atoms with van der Waals surface area (Å²) >= 11 is 1.78. The molecule has 0 saturated carbocycles. The Hall–Kier alpha value is -0.910. The summed E-state index contributed by atoms with van der Waals surface area (Å²) < 4.78 is 5.34. The van der Waals surface area contributed by atoms with Crippen LogP contribution in [0.1, 0.15) is 41.5 Å². The number of carbonyl (C=O) groups excluding carboxylic acids is 1. The minimum atomic E-state index is -0.473. The number of hydrogen-bond donors (Lipinski definition) is 2. The largest absolute Gasteiger partial charge is 0.459 e. The molecule has 0 atom stereocenters. The Labute approximate surface area is 127 Å². The standard InChI is InChI=1S/C14H29N3O2S/c1-8-15-12(17-10-14(5,6)20-7)16-9-11(18)19-13(2,3)4/h8-10H2,1-7H3,(H2,15,16,17). The van der Waals surface area contributed by atoms with Crippen LogP contribution in [0.2, 0.25) is 0 Å². The highest BCUT2D eigenvalue weighted by Crippen LogP contribution is 2.19. The van der Waals surface area contributed by atoms with E-state index in [-0.39, 0.29) is 17.3 Å². The third-order valence-electron chi connectivity index (χ3n) is 2.36. The molecule has 0 aromatic rings. The lowest BCUT2D eigenvalue weighted by Crippen LogP contribution is -2.43. The van der Waals surface area contributed by atoms with Gasteiger partial charge in [-0.3, -0.25) is 4.79 Å². The zero-order valence-corrected chi connectivity index (χ0v) is 14.6. The fraction of sp³-hybridized carbons (Fsp3) is 0.857. The summed E-state index contributed by atoms with van der Waals surface area (Å²) in [5, 5.41) is 6.36. The summed E-state index contributed by atoms with van der Waals surface area (Å²) in [5.74, 6) is 0.319. The highest BCUT2D eigenvalue weighted by Gasteiger charge is 2.17. The van der Waals surface area contributed by atoms with Crippen LogP contribution in [0.3, 0.4) is 0 Å². The topological polar surface area (TPSA) is 62.7 Å². The Kier molecular flexibility index (Phi) is 8.01. The summed E-state index contributed by atoms with van der Waals surface area (Å²) in [6.45, 7) is 13.4. The number of hydrogen-bond acceptors (Lipinski definition) is 4. The summed E-state index contributed by atoms with van der Waals surface area (Å²) in [5.41, 5.74) is -0.473. The Bertz CT molecular complexity index is 336. The second-order valence-electron chi connectivity index (χ2n) is 6.10. The molecule has 118 valence electrons. The van der Waals surface area contributed by atoms with Gasteiger partial charge in [0.05, 0.1) is 0 Å². The maximum atomic E-state index is 11.6. The van der Waals surface area contributed by atoms with Gasteiger partial charge >= 0.3 is 5.97 Å². The zero-order valence-electron chi connectivity index (χ0n) is 13.8. The molecule has 0 heterocycles. The molecule has 0 spiro atoms. The minimum Gasteiger partial charge on any atom is -0.459 e. The lowest BCUT2D eigenvalue weighted by molar-refractivity contribution is -0.152. The van der Waals surface area contributed by atoms with Gasteiger partial charge in [-0.25, -0.2) is 4.99 Å². The van der Waals surface area contributed by atoms with Crippen LogP contribution in [0.5, 0.6) is 0 Å². The second-order valence-corrected chi connectivity index (χ2v) is 7.61. The Balaban J connectivity index is 4.44. The van der Waals surface area contributed by atoms with Gasteiger partial charge in [-0.2, -0.15) is 11.8 Å². The molecule has 0 aromatic carbocycles. The van der Waals surface area contributed by atoms with E-state index in [1.54, 1.807) is 11.8 Å². The molecule has 2 N–H and O–H groups in total. The summed E-state index contributed by atoms with van der Waals surface area (Å²) in [6, 6.07) is 0. The maximum Gasteiger partial charge on any atom is 0.328 e. The van der Waals surface area contributed by atoms with Crippen molar-refractivity contribution in [3.8, 4) is 0 Å². The number of ether oxygens (including phenoxy) is 1. The van der Waals surface area contributed by atoms with Crippen LogP contribution in [0.15, 0.2) is 4.99 Å². The predicted molar refractivity (Wildman–Crippen MR) is 87.4 cm³/mol. The zero-order chi connectivity index (χ0) is 15.8. The molecule has 0 aliphatic carbocycles. The van der Waals surface area contributed by atoms with E-state index in [0.717, 1.165) is 13.1 Å². The highest BCUT2D eigenvalue weighted by atomic mass is 32.2. The quantitative estimate of drug-likeness (QED) is 0.446.